The second-order valence-electron chi connectivity index (χ2n) is 5.30. The van der Waals surface area contributed by atoms with Crippen molar-refractivity contribution >= 4 is 5.91 Å². The smallest absolute Gasteiger partial charge is 0.254 e. The van der Waals surface area contributed by atoms with Crippen molar-refractivity contribution in [1.29, 1.82) is 0 Å². The number of carbonyl (C=O) groups is 1. The zero-order valence-electron chi connectivity index (χ0n) is 14.0. The number of amides is 1. The van der Waals surface area contributed by atoms with Crippen molar-refractivity contribution in [1.82, 2.24) is 4.90 Å². The third-order valence-corrected chi connectivity index (χ3v) is 4.00. The molecule has 0 heterocycles. The van der Waals surface area contributed by atoms with E-state index in [1.54, 1.807) is 32.4 Å². The van der Waals surface area contributed by atoms with Crippen LogP contribution in [0.2, 0.25) is 0 Å². The van der Waals surface area contributed by atoms with Crippen LogP contribution >= 0.6 is 0 Å². The van der Waals surface area contributed by atoms with Gasteiger partial charge in [0.25, 0.3) is 5.91 Å². The van der Waals surface area contributed by atoms with Gasteiger partial charge in [-0.25, -0.2) is 0 Å². The molecule has 1 rings (SSSR count). The topological polar surface area (TPSA) is 38.8 Å². The maximum Gasteiger partial charge on any atom is 0.254 e. The molecule has 0 bridgehead atoms. The number of methoxy groups -OCH3 is 2. The number of rotatable bonds is 7. The minimum Gasteiger partial charge on any atom is -0.493 e. The molecule has 0 aliphatic rings. The lowest BCUT2D eigenvalue weighted by Crippen LogP contribution is -2.44. The standard InChI is InChI=1S/C17H27NO3/c1-7-12(3)18(13(4)8-2)17(19)14-9-10-15(20-5)16(11-14)21-6/h9-13H,7-8H2,1-6H3/t12-,13-/m0/s1. The van der Waals surface area contributed by atoms with Crippen molar-refractivity contribution < 1.29 is 14.3 Å². The van der Waals surface area contributed by atoms with Crippen LogP contribution in [0.5, 0.6) is 11.5 Å². The predicted octanol–water partition coefficient (Wildman–Crippen LogP) is 3.74. The van der Waals surface area contributed by atoms with Gasteiger partial charge in [0.15, 0.2) is 11.5 Å². The average molecular weight is 293 g/mol. The summed E-state index contributed by atoms with van der Waals surface area (Å²) in [6.45, 7) is 8.37. The van der Waals surface area contributed by atoms with Gasteiger partial charge in [-0.3, -0.25) is 4.79 Å². The molecule has 1 aromatic rings. The Bertz CT molecular complexity index is 463. The second-order valence-corrected chi connectivity index (χ2v) is 5.30. The molecule has 1 aromatic carbocycles. The summed E-state index contributed by atoms with van der Waals surface area (Å²) in [7, 11) is 3.16. The van der Waals surface area contributed by atoms with Crippen molar-refractivity contribution in [3.05, 3.63) is 23.8 Å². The number of nitrogens with zero attached hydrogens (tertiary/aromatic N) is 1. The molecule has 0 spiro atoms. The van der Waals surface area contributed by atoms with Crippen LogP contribution < -0.4 is 9.47 Å². The van der Waals surface area contributed by atoms with Crippen LogP contribution in [0.15, 0.2) is 18.2 Å². The highest BCUT2D eigenvalue weighted by molar-refractivity contribution is 5.95. The van der Waals surface area contributed by atoms with Gasteiger partial charge in [0.05, 0.1) is 14.2 Å². The van der Waals surface area contributed by atoms with E-state index in [0.29, 0.717) is 17.1 Å². The Morgan fingerprint density at radius 1 is 1.05 bits per heavy atom. The number of hydrogen-bond acceptors (Lipinski definition) is 3. The molecule has 0 saturated carbocycles. The lowest BCUT2D eigenvalue weighted by molar-refractivity contribution is 0.0598. The highest BCUT2D eigenvalue weighted by Crippen LogP contribution is 2.29. The molecule has 0 aliphatic heterocycles. The van der Waals surface area contributed by atoms with E-state index < -0.39 is 0 Å². The molecule has 118 valence electrons. The second kappa shape index (κ2) is 7.91. The van der Waals surface area contributed by atoms with Crippen LogP contribution in [0.3, 0.4) is 0 Å². The summed E-state index contributed by atoms with van der Waals surface area (Å²) in [4.78, 5) is 14.8. The minimum absolute atomic E-state index is 0.0413. The molecule has 2 atom stereocenters. The molecule has 0 aliphatic carbocycles. The summed E-state index contributed by atoms with van der Waals surface area (Å²) in [6.07, 6.45) is 1.87. The van der Waals surface area contributed by atoms with Crippen molar-refractivity contribution in [2.24, 2.45) is 0 Å². The first-order valence-corrected chi connectivity index (χ1v) is 7.54. The van der Waals surface area contributed by atoms with E-state index in [1.165, 1.54) is 0 Å². The maximum atomic E-state index is 12.8. The Balaban J connectivity index is 3.14. The Morgan fingerprint density at radius 3 is 2.00 bits per heavy atom. The lowest BCUT2D eigenvalue weighted by atomic mass is 10.1. The molecule has 0 N–H and O–H groups in total. The van der Waals surface area contributed by atoms with Gasteiger partial charge in [-0.05, 0) is 44.9 Å². The van der Waals surface area contributed by atoms with Crippen LogP contribution in [-0.4, -0.2) is 37.1 Å². The molecule has 0 aromatic heterocycles. The predicted molar refractivity (Wildman–Crippen MR) is 85.2 cm³/mol. The van der Waals surface area contributed by atoms with Crippen LogP contribution in [0.25, 0.3) is 0 Å². The van der Waals surface area contributed by atoms with E-state index in [-0.39, 0.29) is 18.0 Å². The van der Waals surface area contributed by atoms with Gasteiger partial charge in [-0.15, -0.1) is 0 Å². The normalized spacial score (nSPS) is 13.4. The first-order chi connectivity index (χ1) is 9.99. The summed E-state index contributed by atoms with van der Waals surface area (Å²) in [6, 6.07) is 5.73. The number of benzene rings is 1. The molecular formula is C17H27NO3. The average Bonchev–Trinajstić information content (AvgIpc) is 2.53. The molecule has 4 heteroatoms. The molecular weight excluding hydrogens is 266 g/mol. The van der Waals surface area contributed by atoms with Gasteiger partial charge in [0, 0.05) is 17.6 Å². The number of hydrogen-bond donors (Lipinski definition) is 0. The molecule has 21 heavy (non-hydrogen) atoms. The highest BCUT2D eigenvalue weighted by atomic mass is 16.5. The Hall–Kier alpha value is -1.71. The van der Waals surface area contributed by atoms with Gasteiger partial charge in [0.1, 0.15) is 0 Å². The van der Waals surface area contributed by atoms with E-state index >= 15 is 0 Å². The van der Waals surface area contributed by atoms with Gasteiger partial charge in [0.2, 0.25) is 0 Å². The fourth-order valence-corrected chi connectivity index (χ4v) is 2.35. The van der Waals surface area contributed by atoms with Crippen LogP contribution in [0.4, 0.5) is 0 Å². The third kappa shape index (κ3) is 3.90. The van der Waals surface area contributed by atoms with Crippen LogP contribution in [0, 0.1) is 0 Å². The quantitative estimate of drug-likeness (QED) is 0.768. The lowest BCUT2D eigenvalue weighted by Gasteiger charge is -2.34. The monoisotopic (exact) mass is 293 g/mol. The van der Waals surface area contributed by atoms with Crippen LogP contribution in [-0.2, 0) is 0 Å². The van der Waals surface area contributed by atoms with Crippen LogP contribution in [0.1, 0.15) is 50.9 Å². The Kier molecular flexibility index (Phi) is 6.53. The van der Waals surface area contributed by atoms with Crippen molar-refractivity contribution in [3.8, 4) is 11.5 Å². The van der Waals surface area contributed by atoms with Gasteiger partial charge in [-0.2, -0.15) is 0 Å². The van der Waals surface area contributed by atoms with Gasteiger partial charge < -0.3 is 14.4 Å². The SMILES string of the molecule is CC[C@H](C)N(C(=O)c1ccc(OC)c(OC)c1)[C@@H](C)CC. The molecule has 1 amide bonds. The zero-order valence-corrected chi connectivity index (χ0v) is 14.0. The van der Waals surface area contributed by atoms with E-state index in [4.69, 9.17) is 9.47 Å². The van der Waals surface area contributed by atoms with E-state index in [9.17, 15) is 4.79 Å². The van der Waals surface area contributed by atoms with Crippen molar-refractivity contribution in [3.63, 3.8) is 0 Å². The summed E-state index contributed by atoms with van der Waals surface area (Å²) in [5.41, 5.74) is 0.633. The van der Waals surface area contributed by atoms with E-state index in [2.05, 4.69) is 27.7 Å². The first kappa shape index (κ1) is 17.3. The Labute approximate surface area is 128 Å². The highest BCUT2D eigenvalue weighted by Gasteiger charge is 2.25. The zero-order chi connectivity index (χ0) is 16.0. The van der Waals surface area contributed by atoms with E-state index in [1.807, 2.05) is 4.90 Å². The third-order valence-electron chi connectivity index (χ3n) is 4.00. The molecule has 0 radical (unpaired) electrons. The fourth-order valence-electron chi connectivity index (χ4n) is 2.35. The number of carbonyl (C=O) groups excluding carboxylic acids is 1. The summed E-state index contributed by atoms with van der Waals surface area (Å²) < 4.78 is 10.5. The first-order valence-electron chi connectivity index (χ1n) is 7.54. The summed E-state index contributed by atoms with van der Waals surface area (Å²) >= 11 is 0. The Morgan fingerprint density at radius 2 is 1.57 bits per heavy atom. The van der Waals surface area contributed by atoms with Gasteiger partial charge in [-0.1, -0.05) is 13.8 Å². The number of ether oxygens (including phenoxy) is 2. The van der Waals surface area contributed by atoms with E-state index in [0.717, 1.165) is 12.8 Å². The molecule has 4 nitrogen and oxygen atoms in total. The molecule has 0 unspecified atom stereocenters. The summed E-state index contributed by atoms with van der Waals surface area (Å²) in [5.74, 6) is 1.25. The van der Waals surface area contributed by atoms with Crippen molar-refractivity contribution in [2.75, 3.05) is 14.2 Å². The molecule has 0 fully saturated rings. The minimum atomic E-state index is 0.0413. The largest absolute Gasteiger partial charge is 0.493 e. The van der Waals surface area contributed by atoms with Gasteiger partial charge >= 0.3 is 0 Å². The fraction of sp³-hybridized carbons (Fsp3) is 0.588. The molecule has 0 saturated heterocycles. The van der Waals surface area contributed by atoms with Crippen molar-refractivity contribution in [2.45, 2.75) is 52.6 Å². The summed E-state index contributed by atoms with van der Waals surface area (Å²) in [5, 5.41) is 0. The maximum absolute atomic E-state index is 12.8.